The fraction of sp³-hybridized carbons (Fsp3) is 0.462. The van der Waals surface area contributed by atoms with Gasteiger partial charge in [-0.25, -0.2) is 4.79 Å². The van der Waals surface area contributed by atoms with Crippen LogP contribution < -0.4 is 11.5 Å². The van der Waals surface area contributed by atoms with Gasteiger partial charge in [0.15, 0.2) is 0 Å². The summed E-state index contributed by atoms with van der Waals surface area (Å²) in [5, 5.41) is 0. The molecule has 5 nitrogen and oxygen atoms in total. The number of ether oxygens (including phenoxy) is 1. The minimum atomic E-state index is -0.318. The SMILES string of the molecule is NC1CCN(C(=O)OCc2ccccc2)CC1N. The van der Waals surface area contributed by atoms with Crippen LogP contribution >= 0.6 is 0 Å². The lowest BCUT2D eigenvalue weighted by Gasteiger charge is -2.34. The highest BCUT2D eigenvalue weighted by molar-refractivity contribution is 5.67. The number of piperidine rings is 1. The molecule has 1 saturated heterocycles. The Bertz CT molecular complexity index is 396. The summed E-state index contributed by atoms with van der Waals surface area (Å²) in [6, 6.07) is 9.41. The van der Waals surface area contributed by atoms with Gasteiger partial charge >= 0.3 is 6.09 Å². The number of benzene rings is 1. The average molecular weight is 249 g/mol. The molecule has 0 saturated carbocycles. The Morgan fingerprint density at radius 3 is 2.67 bits per heavy atom. The molecule has 2 rings (SSSR count). The lowest BCUT2D eigenvalue weighted by molar-refractivity contribution is 0.0835. The molecule has 98 valence electrons. The first kappa shape index (κ1) is 12.9. The first-order valence-electron chi connectivity index (χ1n) is 6.13. The summed E-state index contributed by atoms with van der Waals surface area (Å²) in [4.78, 5) is 13.5. The molecule has 4 N–H and O–H groups in total. The van der Waals surface area contributed by atoms with E-state index in [1.54, 1.807) is 4.90 Å². The zero-order valence-electron chi connectivity index (χ0n) is 10.3. The molecule has 0 radical (unpaired) electrons. The summed E-state index contributed by atoms with van der Waals surface area (Å²) in [6.45, 7) is 1.37. The molecule has 2 unspecified atom stereocenters. The van der Waals surface area contributed by atoms with Crippen molar-refractivity contribution < 1.29 is 9.53 Å². The van der Waals surface area contributed by atoms with Crippen LogP contribution in [0.25, 0.3) is 0 Å². The lowest BCUT2D eigenvalue weighted by Crippen LogP contribution is -2.56. The molecule has 1 aliphatic rings. The molecular formula is C13H19N3O2. The fourth-order valence-electron chi connectivity index (χ4n) is 1.98. The van der Waals surface area contributed by atoms with Gasteiger partial charge in [0.2, 0.25) is 0 Å². The highest BCUT2D eigenvalue weighted by Crippen LogP contribution is 2.10. The van der Waals surface area contributed by atoms with Gasteiger partial charge in [0.25, 0.3) is 0 Å². The Morgan fingerprint density at radius 2 is 2.00 bits per heavy atom. The van der Waals surface area contributed by atoms with Crippen molar-refractivity contribution in [1.82, 2.24) is 4.90 Å². The van der Waals surface area contributed by atoms with Crippen LogP contribution in [0.5, 0.6) is 0 Å². The first-order valence-corrected chi connectivity index (χ1v) is 6.13. The maximum absolute atomic E-state index is 11.8. The molecule has 1 heterocycles. The molecular weight excluding hydrogens is 230 g/mol. The predicted octanol–water partition coefficient (Wildman–Crippen LogP) is 0.683. The lowest BCUT2D eigenvalue weighted by atomic mass is 10.0. The molecule has 0 spiro atoms. The van der Waals surface area contributed by atoms with Gasteiger partial charge in [-0.1, -0.05) is 30.3 Å². The molecule has 1 fully saturated rings. The Morgan fingerprint density at radius 1 is 1.28 bits per heavy atom. The zero-order chi connectivity index (χ0) is 13.0. The number of hydrogen-bond donors (Lipinski definition) is 2. The van der Waals surface area contributed by atoms with Crippen molar-refractivity contribution in [2.45, 2.75) is 25.1 Å². The van der Waals surface area contributed by atoms with Crippen LogP contribution in [0, 0.1) is 0 Å². The summed E-state index contributed by atoms with van der Waals surface area (Å²) in [5.41, 5.74) is 12.6. The second-order valence-electron chi connectivity index (χ2n) is 4.60. The first-order chi connectivity index (χ1) is 8.66. The second kappa shape index (κ2) is 5.84. The van der Waals surface area contributed by atoms with Gasteiger partial charge in [-0.15, -0.1) is 0 Å². The summed E-state index contributed by atoms with van der Waals surface area (Å²) >= 11 is 0. The third-order valence-corrected chi connectivity index (χ3v) is 3.18. The molecule has 1 aromatic rings. The summed E-state index contributed by atoms with van der Waals surface area (Å²) in [7, 11) is 0. The van der Waals surface area contributed by atoms with Gasteiger partial charge < -0.3 is 21.1 Å². The van der Waals surface area contributed by atoms with Crippen molar-refractivity contribution in [3.05, 3.63) is 35.9 Å². The van der Waals surface area contributed by atoms with Crippen molar-refractivity contribution >= 4 is 6.09 Å². The normalized spacial score (nSPS) is 23.8. The minimum Gasteiger partial charge on any atom is -0.445 e. The Kier molecular flexibility index (Phi) is 4.17. The second-order valence-corrected chi connectivity index (χ2v) is 4.60. The van der Waals surface area contributed by atoms with Crippen molar-refractivity contribution in [3.63, 3.8) is 0 Å². The minimum absolute atomic E-state index is 0.0248. The van der Waals surface area contributed by atoms with E-state index in [1.165, 1.54) is 0 Å². The molecule has 0 aromatic heterocycles. The molecule has 2 atom stereocenters. The van der Waals surface area contributed by atoms with Gasteiger partial charge in [-0.3, -0.25) is 0 Å². The maximum atomic E-state index is 11.8. The van der Waals surface area contributed by atoms with E-state index in [0.717, 1.165) is 12.0 Å². The van der Waals surface area contributed by atoms with Crippen LogP contribution in [0.4, 0.5) is 4.79 Å². The topological polar surface area (TPSA) is 81.6 Å². The molecule has 5 heteroatoms. The average Bonchev–Trinajstić information content (AvgIpc) is 2.40. The number of amides is 1. The summed E-state index contributed by atoms with van der Waals surface area (Å²) in [6.07, 6.45) is 0.405. The number of hydrogen-bond acceptors (Lipinski definition) is 4. The number of rotatable bonds is 2. The van der Waals surface area contributed by atoms with Crippen LogP contribution in [0.15, 0.2) is 30.3 Å². The van der Waals surface area contributed by atoms with Gasteiger partial charge in [-0.2, -0.15) is 0 Å². The van der Waals surface area contributed by atoms with Crippen molar-refractivity contribution in [2.24, 2.45) is 11.5 Å². The fourth-order valence-corrected chi connectivity index (χ4v) is 1.98. The van der Waals surface area contributed by atoms with E-state index < -0.39 is 0 Å². The summed E-state index contributed by atoms with van der Waals surface area (Å²) in [5.74, 6) is 0. The molecule has 0 bridgehead atoms. The third-order valence-electron chi connectivity index (χ3n) is 3.18. The smallest absolute Gasteiger partial charge is 0.410 e. The van der Waals surface area contributed by atoms with Crippen LogP contribution in [-0.2, 0) is 11.3 Å². The van der Waals surface area contributed by atoms with E-state index in [9.17, 15) is 4.79 Å². The van der Waals surface area contributed by atoms with Gasteiger partial charge in [-0.05, 0) is 12.0 Å². The number of likely N-dealkylation sites (tertiary alicyclic amines) is 1. The molecule has 0 aliphatic carbocycles. The standard InChI is InChI=1S/C13H19N3O2/c14-11-6-7-16(8-12(11)15)13(17)18-9-10-4-2-1-3-5-10/h1-5,11-12H,6-9,14-15H2. The van der Waals surface area contributed by atoms with E-state index in [0.29, 0.717) is 13.1 Å². The number of carbonyl (C=O) groups is 1. The third kappa shape index (κ3) is 3.21. The van der Waals surface area contributed by atoms with E-state index in [-0.39, 0.29) is 24.8 Å². The van der Waals surface area contributed by atoms with E-state index in [2.05, 4.69) is 0 Å². The summed E-state index contributed by atoms with van der Waals surface area (Å²) < 4.78 is 5.24. The Balaban J connectivity index is 1.82. The van der Waals surface area contributed by atoms with Crippen LogP contribution in [0.1, 0.15) is 12.0 Å². The van der Waals surface area contributed by atoms with E-state index in [1.807, 2.05) is 30.3 Å². The quantitative estimate of drug-likeness (QED) is 0.807. The predicted molar refractivity (Wildman–Crippen MR) is 68.8 cm³/mol. The molecule has 1 aromatic carbocycles. The molecule has 1 aliphatic heterocycles. The number of nitrogens with zero attached hydrogens (tertiary/aromatic N) is 1. The monoisotopic (exact) mass is 249 g/mol. The maximum Gasteiger partial charge on any atom is 0.410 e. The number of nitrogens with two attached hydrogens (primary N) is 2. The highest BCUT2D eigenvalue weighted by Gasteiger charge is 2.27. The highest BCUT2D eigenvalue weighted by atomic mass is 16.6. The van der Waals surface area contributed by atoms with E-state index >= 15 is 0 Å². The van der Waals surface area contributed by atoms with Crippen LogP contribution in [-0.4, -0.2) is 36.2 Å². The van der Waals surface area contributed by atoms with Crippen molar-refractivity contribution in [1.29, 1.82) is 0 Å². The van der Waals surface area contributed by atoms with Crippen molar-refractivity contribution in [2.75, 3.05) is 13.1 Å². The van der Waals surface area contributed by atoms with E-state index in [4.69, 9.17) is 16.2 Å². The Labute approximate surface area is 107 Å². The van der Waals surface area contributed by atoms with Crippen LogP contribution in [0.3, 0.4) is 0 Å². The molecule has 18 heavy (non-hydrogen) atoms. The largest absolute Gasteiger partial charge is 0.445 e. The van der Waals surface area contributed by atoms with Crippen LogP contribution in [0.2, 0.25) is 0 Å². The molecule has 1 amide bonds. The van der Waals surface area contributed by atoms with Gasteiger partial charge in [0.05, 0.1) is 0 Å². The number of carbonyl (C=O) groups excluding carboxylic acids is 1. The van der Waals surface area contributed by atoms with Crippen molar-refractivity contribution in [3.8, 4) is 0 Å². The Hall–Kier alpha value is -1.59. The van der Waals surface area contributed by atoms with Gasteiger partial charge in [0, 0.05) is 25.2 Å². The zero-order valence-corrected chi connectivity index (χ0v) is 10.3. The van der Waals surface area contributed by atoms with Gasteiger partial charge in [0.1, 0.15) is 6.61 Å².